The van der Waals surface area contributed by atoms with Crippen molar-refractivity contribution in [1.82, 2.24) is 0 Å². The van der Waals surface area contributed by atoms with Crippen molar-refractivity contribution in [2.24, 2.45) is 0 Å². The van der Waals surface area contributed by atoms with E-state index in [9.17, 15) is 13.6 Å². The fourth-order valence-corrected chi connectivity index (χ4v) is 1.21. The molecule has 14 heavy (non-hydrogen) atoms. The Hall–Kier alpha value is 0.436. The summed E-state index contributed by atoms with van der Waals surface area (Å²) in [4.78, 5) is 10.8. The Morgan fingerprint density at radius 1 is 1.36 bits per heavy atom. The molecule has 0 saturated carbocycles. The summed E-state index contributed by atoms with van der Waals surface area (Å²) in [6.45, 7) is 1.39. The van der Waals surface area contributed by atoms with Crippen LogP contribution in [0.15, 0.2) is 29.2 Å². The van der Waals surface area contributed by atoms with Gasteiger partial charge in [-0.25, -0.2) is 0 Å². The molecule has 1 rings (SSSR count). The standard InChI is InChI=1S/C8H9NO3S.K/c1-6(10)9-7-2-4-8(5-3-7)13(11)12;/h2-5H,1H3,(H,9,10)(H,11,12);/q;+1/p-1. The SMILES string of the molecule is CC(=O)Nc1ccc(S(=O)[O-])cc1.[K+]. The van der Waals surface area contributed by atoms with Gasteiger partial charge in [0.1, 0.15) is 0 Å². The number of nitrogens with one attached hydrogen (secondary N) is 1. The van der Waals surface area contributed by atoms with Crippen molar-refractivity contribution >= 4 is 22.7 Å². The topological polar surface area (TPSA) is 69.2 Å². The summed E-state index contributed by atoms with van der Waals surface area (Å²) in [6.07, 6.45) is 0. The first-order chi connectivity index (χ1) is 6.09. The van der Waals surface area contributed by atoms with Crippen molar-refractivity contribution in [3.05, 3.63) is 24.3 Å². The van der Waals surface area contributed by atoms with Crippen molar-refractivity contribution in [2.75, 3.05) is 5.32 Å². The van der Waals surface area contributed by atoms with Crippen molar-refractivity contribution in [1.29, 1.82) is 0 Å². The predicted octanol–water partition coefficient (Wildman–Crippen LogP) is -2.11. The van der Waals surface area contributed by atoms with E-state index in [1.54, 1.807) is 0 Å². The van der Waals surface area contributed by atoms with Crippen LogP contribution >= 0.6 is 0 Å². The van der Waals surface area contributed by atoms with E-state index in [4.69, 9.17) is 0 Å². The quantitative estimate of drug-likeness (QED) is 0.473. The van der Waals surface area contributed by atoms with E-state index in [0.717, 1.165) is 0 Å². The maximum Gasteiger partial charge on any atom is 1.00 e. The molecule has 0 bridgehead atoms. The van der Waals surface area contributed by atoms with E-state index in [-0.39, 0.29) is 62.2 Å². The van der Waals surface area contributed by atoms with Gasteiger partial charge in [-0.2, -0.15) is 0 Å². The predicted molar refractivity (Wildman–Crippen MR) is 47.9 cm³/mol. The molecule has 70 valence electrons. The number of hydrogen-bond acceptors (Lipinski definition) is 3. The van der Waals surface area contributed by atoms with Crippen LogP contribution in [0, 0.1) is 0 Å². The molecule has 0 radical (unpaired) electrons. The van der Waals surface area contributed by atoms with E-state index >= 15 is 0 Å². The van der Waals surface area contributed by atoms with Crippen molar-refractivity contribution in [2.45, 2.75) is 11.8 Å². The number of carbonyl (C=O) groups is 1. The summed E-state index contributed by atoms with van der Waals surface area (Å²) < 4.78 is 20.9. The van der Waals surface area contributed by atoms with Gasteiger partial charge in [-0.1, -0.05) is 0 Å². The third-order valence-corrected chi connectivity index (χ3v) is 2.02. The number of anilines is 1. The molecule has 0 saturated heterocycles. The molecule has 0 fully saturated rings. The number of carbonyl (C=O) groups excluding carboxylic acids is 1. The van der Waals surface area contributed by atoms with E-state index in [1.165, 1.54) is 31.2 Å². The second-order valence-electron chi connectivity index (χ2n) is 2.44. The van der Waals surface area contributed by atoms with Gasteiger partial charge in [0.15, 0.2) is 0 Å². The Morgan fingerprint density at radius 2 is 1.86 bits per heavy atom. The third-order valence-electron chi connectivity index (χ3n) is 1.37. The molecular formula is C8H8KNO3S. The Bertz CT molecular complexity index is 339. The molecule has 1 atom stereocenters. The summed E-state index contributed by atoms with van der Waals surface area (Å²) in [7, 11) is 0. The first-order valence-corrected chi connectivity index (χ1v) is 4.64. The third kappa shape index (κ3) is 4.79. The largest absolute Gasteiger partial charge is 1.00 e. The van der Waals surface area contributed by atoms with Gasteiger partial charge in [0, 0.05) is 17.5 Å². The normalized spacial score (nSPS) is 11.3. The van der Waals surface area contributed by atoms with Gasteiger partial charge in [0.2, 0.25) is 5.91 Å². The fraction of sp³-hybridized carbons (Fsp3) is 0.125. The second kappa shape index (κ2) is 6.84. The van der Waals surface area contributed by atoms with Gasteiger partial charge in [-0.15, -0.1) is 0 Å². The molecule has 4 nitrogen and oxygen atoms in total. The molecular weight excluding hydrogens is 229 g/mol. The molecule has 0 aromatic heterocycles. The summed E-state index contributed by atoms with van der Waals surface area (Å²) >= 11 is -2.21. The maximum atomic E-state index is 10.6. The first-order valence-electron chi connectivity index (χ1n) is 3.56. The van der Waals surface area contributed by atoms with Gasteiger partial charge >= 0.3 is 51.4 Å². The number of benzene rings is 1. The van der Waals surface area contributed by atoms with Gasteiger partial charge in [-0.3, -0.25) is 9.00 Å². The van der Waals surface area contributed by atoms with Crippen LogP contribution in [0.2, 0.25) is 0 Å². The van der Waals surface area contributed by atoms with Crippen LogP contribution in [0.4, 0.5) is 5.69 Å². The minimum Gasteiger partial charge on any atom is -0.768 e. The molecule has 0 aliphatic heterocycles. The average molecular weight is 237 g/mol. The molecule has 0 spiro atoms. The second-order valence-corrected chi connectivity index (χ2v) is 3.38. The van der Waals surface area contributed by atoms with Crippen LogP contribution in [-0.2, 0) is 15.9 Å². The van der Waals surface area contributed by atoms with Crippen LogP contribution in [0.5, 0.6) is 0 Å². The van der Waals surface area contributed by atoms with Crippen LogP contribution in [-0.4, -0.2) is 14.7 Å². The number of hydrogen-bond donors (Lipinski definition) is 1. The van der Waals surface area contributed by atoms with Crippen molar-refractivity contribution < 1.29 is 64.9 Å². The smallest absolute Gasteiger partial charge is 0.768 e. The summed E-state index contributed by atoms with van der Waals surface area (Å²) in [5, 5.41) is 2.53. The Balaban J connectivity index is 0.00000169. The summed E-state index contributed by atoms with van der Waals surface area (Å²) in [5.74, 6) is -0.184. The molecule has 0 aliphatic rings. The van der Waals surface area contributed by atoms with Crippen LogP contribution < -0.4 is 56.7 Å². The minimum absolute atomic E-state index is 0. The van der Waals surface area contributed by atoms with Gasteiger partial charge in [0.05, 0.1) is 0 Å². The summed E-state index contributed by atoms with van der Waals surface area (Å²) in [6, 6.07) is 5.92. The fourth-order valence-electron chi connectivity index (χ4n) is 0.853. The van der Waals surface area contributed by atoms with Gasteiger partial charge in [-0.05, 0) is 35.3 Å². The molecule has 6 heteroatoms. The number of rotatable bonds is 2. The van der Waals surface area contributed by atoms with E-state index in [2.05, 4.69) is 5.32 Å². The Kier molecular flexibility index (Phi) is 7.05. The van der Waals surface area contributed by atoms with Crippen LogP contribution in [0.1, 0.15) is 6.92 Å². The molecule has 1 unspecified atom stereocenters. The molecule has 0 aliphatic carbocycles. The summed E-state index contributed by atoms with van der Waals surface area (Å²) in [5.41, 5.74) is 0.585. The molecule has 1 amide bonds. The van der Waals surface area contributed by atoms with Crippen LogP contribution in [0.3, 0.4) is 0 Å². The minimum atomic E-state index is -2.21. The first kappa shape index (κ1) is 14.4. The molecule has 1 aromatic rings. The van der Waals surface area contributed by atoms with E-state index < -0.39 is 11.1 Å². The maximum absolute atomic E-state index is 10.6. The van der Waals surface area contributed by atoms with Crippen molar-refractivity contribution in [3.8, 4) is 0 Å². The van der Waals surface area contributed by atoms with Gasteiger partial charge in [0.25, 0.3) is 0 Å². The Labute approximate surface area is 127 Å². The molecule has 1 aromatic carbocycles. The average Bonchev–Trinajstić information content (AvgIpc) is 2.04. The molecule has 0 heterocycles. The molecule has 1 N–H and O–H groups in total. The van der Waals surface area contributed by atoms with Crippen LogP contribution in [0.25, 0.3) is 0 Å². The number of amides is 1. The van der Waals surface area contributed by atoms with Gasteiger partial charge < -0.3 is 9.87 Å². The zero-order chi connectivity index (χ0) is 9.84. The zero-order valence-electron chi connectivity index (χ0n) is 7.94. The van der Waals surface area contributed by atoms with E-state index in [1.807, 2.05) is 0 Å². The zero-order valence-corrected chi connectivity index (χ0v) is 11.9. The monoisotopic (exact) mass is 237 g/mol. The van der Waals surface area contributed by atoms with Crippen molar-refractivity contribution in [3.63, 3.8) is 0 Å². The van der Waals surface area contributed by atoms with E-state index in [0.29, 0.717) is 5.69 Å². The Morgan fingerprint density at radius 3 is 2.21 bits per heavy atom.